The standard InChI is InChI=1S/C13H18O2/c1-4-12(13(14)5-2)10-7-6-8-11(9-10)15-3/h6-9,12H,4-5H2,1-3H3/t12-/m1/s1. The molecule has 0 aliphatic rings. The number of hydrogen-bond acceptors (Lipinski definition) is 2. The maximum absolute atomic E-state index is 11.7. The zero-order valence-electron chi connectivity index (χ0n) is 9.62. The van der Waals surface area contributed by atoms with Crippen molar-refractivity contribution in [1.29, 1.82) is 0 Å². The number of methoxy groups -OCH3 is 1. The van der Waals surface area contributed by atoms with Gasteiger partial charge in [-0.15, -0.1) is 0 Å². The molecule has 2 nitrogen and oxygen atoms in total. The Balaban J connectivity index is 2.96. The average Bonchev–Trinajstić information content (AvgIpc) is 2.30. The Kier molecular flexibility index (Phi) is 4.35. The van der Waals surface area contributed by atoms with Gasteiger partial charge in [-0.25, -0.2) is 0 Å². The lowest BCUT2D eigenvalue weighted by Crippen LogP contribution is -2.10. The summed E-state index contributed by atoms with van der Waals surface area (Å²) in [6, 6.07) is 7.76. The fraction of sp³-hybridized carbons (Fsp3) is 0.462. The molecular formula is C13H18O2. The second-order valence-electron chi connectivity index (χ2n) is 3.56. The van der Waals surface area contributed by atoms with E-state index in [-0.39, 0.29) is 5.92 Å². The minimum atomic E-state index is 0.0186. The molecule has 2 heteroatoms. The minimum absolute atomic E-state index is 0.0186. The van der Waals surface area contributed by atoms with E-state index in [1.807, 2.05) is 38.1 Å². The zero-order valence-corrected chi connectivity index (χ0v) is 9.62. The molecule has 0 heterocycles. The van der Waals surface area contributed by atoms with Gasteiger partial charge < -0.3 is 4.74 Å². The van der Waals surface area contributed by atoms with Crippen LogP contribution in [0.5, 0.6) is 5.75 Å². The van der Waals surface area contributed by atoms with Crippen LogP contribution >= 0.6 is 0 Å². The van der Waals surface area contributed by atoms with Crippen molar-refractivity contribution in [2.24, 2.45) is 0 Å². The van der Waals surface area contributed by atoms with E-state index < -0.39 is 0 Å². The van der Waals surface area contributed by atoms with E-state index >= 15 is 0 Å². The first-order valence-corrected chi connectivity index (χ1v) is 5.39. The van der Waals surface area contributed by atoms with Crippen molar-refractivity contribution >= 4 is 5.78 Å². The van der Waals surface area contributed by atoms with Gasteiger partial charge in [-0.3, -0.25) is 4.79 Å². The maximum Gasteiger partial charge on any atom is 0.140 e. The molecule has 1 atom stereocenters. The quantitative estimate of drug-likeness (QED) is 0.739. The first kappa shape index (κ1) is 11.8. The summed E-state index contributed by atoms with van der Waals surface area (Å²) < 4.78 is 5.15. The summed E-state index contributed by atoms with van der Waals surface area (Å²) in [6.07, 6.45) is 1.44. The van der Waals surface area contributed by atoms with Gasteiger partial charge in [0.15, 0.2) is 0 Å². The Hall–Kier alpha value is -1.31. The highest BCUT2D eigenvalue weighted by molar-refractivity contribution is 5.85. The third kappa shape index (κ3) is 2.82. The normalized spacial score (nSPS) is 12.2. The molecule has 0 spiro atoms. The van der Waals surface area contributed by atoms with Crippen molar-refractivity contribution in [2.45, 2.75) is 32.6 Å². The van der Waals surface area contributed by atoms with E-state index in [0.29, 0.717) is 12.2 Å². The van der Waals surface area contributed by atoms with E-state index in [9.17, 15) is 4.79 Å². The first-order chi connectivity index (χ1) is 7.22. The molecule has 0 radical (unpaired) electrons. The molecule has 0 N–H and O–H groups in total. The molecule has 0 bridgehead atoms. The topological polar surface area (TPSA) is 26.3 Å². The first-order valence-electron chi connectivity index (χ1n) is 5.39. The summed E-state index contributed by atoms with van der Waals surface area (Å²) in [7, 11) is 1.64. The molecule has 15 heavy (non-hydrogen) atoms. The molecular weight excluding hydrogens is 188 g/mol. The molecule has 0 saturated carbocycles. The van der Waals surface area contributed by atoms with Crippen LogP contribution in [0.25, 0.3) is 0 Å². The van der Waals surface area contributed by atoms with E-state index in [4.69, 9.17) is 4.74 Å². The third-order valence-electron chi connectivity index (χ3n) is 2.64. The predicted octanol–water partition coefficient (Wildman–Crippen LogP) is 3.17. The number of carbonyl (C=O) groups excluding carboxylic acids is 1. The second kappa shape index (κ2) is 5.54. The summed E-state index contributed by atoms with van der Waals surface area (Å²) in [5.74, 6) is 1.13. The molecule has 1 aromatic rings. The van der Waals surface area contributed by atoms with Gasteiger partial charge in [0.25, 0.3) is 0 Å². The molecule has 0 unspecified atom stereocenters. The molecule has 0 saturated heterocycles. The number of ketones is 1. The van der Waals surface area contributed by atoms with Gasteiger partial charge in [-0.2, -0.15) is 0 Å². The van der Waals surface area contributed by atoms with Crippen molar-refractivity contribution in [1.82, 2.24) is 0 Å². The number of carbonyl (C=O) groups is 1. The fourth-order valence-electron chi connectivity index (χ4n) is 1.75. The monoisotopic (exact) mass is 206 g/mol. The lowest BCUT2D eigenvalue weighted by atomic mass is 9.91. The summed E-state index contributed by atoms with van der Waals surface area (Å²) in [5.41, 5.74) is 1.06. The van der Waals surface area contributed by atoms with Crippen LogP contribution in [0.3, 0.4) is 0 Å². The minimum Gasteiger partial charge on any atom is -0.497 e. The van der Waals surface area contributed by atoms with Gasteiger partial charge in [0.2, 0.25) is 0 Å². The number of rotatable bonds is 5. The van der Waals surface area contributed by atoms with Crippen LogP contribution in [-0.4, -0.2) is 12.9 Å². The zero-order chi connectivity index (χ0) is 11.3. The third-order valence-corrected chi connectivity index (χ3v) is 2.64. The van der Waals surface area contributed by atoms with E-state index in [1.165, 1.54) is 0 Å². The molecule has 0 aliphatic heterocycles. The molecule has 0 amide bonds. The molecule has 1 rings (SSSR count). The van der Waals surface area contributed by atoms with Gasteiger partial charge in [-0.1, -0.05) is 26.0 Å². The van der Waals surface area contributed by atoms with E-state index in [0.717, 1.165) is 17.7 Å². The van der Waals surface area contributed by atoms with Gasteiger partial charge in [0.1, 0.15) is 11.5 Å². The summed E-state index contributed by atoms with van der Waals surface area (Å²) in [4.78, 5) is 11.7. The smallest absolute Gasteiger partial charge is 0.140 e. The number of Topliss-reactive ketones (excluding diaryl/α,β-unsaturated/α-hetero) is 1. The van der Waals surface area contributed by atoms with Gasteiger partial charge in [0.05, 0.1) is 7.11 Å². The predicted molar refractivity (Wildman–Crippen MR) is 61.3 cm³/mol. The van der Waals surface area contributed by atoms with Crippen LogP contribution in [0.15, 0.2) is 24.3 Å². The Morgan fingerprint density at radius 3 is 2.67 bits per heavy atom. The highest BCUT2D eigenvalue weighted by atomic mass is 16.5. The number of ether oxygens (including phenoxy) is 1. The molecule has 82 valence electrons. The van der Waals surface area contributed by atoms with E-state index in [1.54, 1.807) is 7.11 Å². The number of hydrogen-bond donors (Lipinski definition) is 0. The highest BCUT2D eigenvalue weighted by Crippen LogP contribution is 2.25. The van der Waals surface area contributed by atoms with Gasteiger partial charge >= 0.3 is 0 Å². The van der Waals surface area contributed by atoms with Crippen molar-refractivity contribution in [3.8, 4) is 5.75 Å². The molecule has 0 fully saturated rings. The van der Waals surface area contributed by atoms with Crippen molar-refractivity contribution < 1.29 is 9.53 Å². The van der Waals surface area contributed by atoms with Crippen LogP contribution in [-0.2, 0) is 4.79 Å². The average molecular weight is 206 g/mol. The van der Waals surface area contributed by atoms with Crippen LogP contribution < -0.4 is 4.74 Å². The molecule has 0 aliphatic carbocycles. The summed E-state index contributed by atoms with van der Waals surface area (Å²) in [5, 5.41) is 0. The maximum atomic E-state index is 11.7. The van der Waals surface area contributed by atoms with Gasteiger partial charge in [0, 0.05) is 12.3 Å². The van der Waals surface area contributed by atoms with Crippen LogP contribution in [0.1, 0.15) is 38.2 Å². The summed E-state index contributed by atoms with van der Waals surface area (Å²) >= 11 is 0. The van der Waals surface area contributed by atoms with Crippen molar-refractivity contribution in [2.75, 3.05) is 7.11 Å². The van der Waals surface area contributed by atoms with Crippen molar-refractivity contribution in [3.63, 3.8) is 0 Å². The second-order valence-corrected chi connectivity index (χ2v) is 3.56. The Morgan fingerprint density at radius 2 is 2.13 bits per heavy atom. The van der Waals surface area contributed by atoms with Crippen molar-refractivity contribution in [3.05, 3.63) is 29.8 Å². The SMILES string of the molecule is CCC(=O)[C@H](CC)c1cccc(OC)c1. The van der Waals surface area contributed by atoms with Crippen LogP contribution in [0.4, 0.5) is 0 Å². The Morgan fingerprint density at radius 1 is 1.40 bits per heavy atom. The Bertz CT molecular complexity index is 331. The Labute approximate surface area is 91.3 Å². The molecule has 1 aromatic carbocycles. The number of benzene rings is 1. The highest BCUT2D eigenvalue weighted by Gasteiger charge is 2.16. The summed E-state index contributed by atoms with van der Waals surface area (Å²) in [6.45, 7) is 3.95. The lowest BCUT2D eigenvalue weighted by Gasteiger charge is -2.13. The van der Waals surface area contributed by atoms with E-state index in [2.05, 4.69) is 0 Å². The van der Waals surface area contributed by atoms with Crippen LogP contribution in [0.2, 0.25) is 0 Å². The van der Waals surface area contributed by atoms with Gasteiger partial charge in [-0.05, 0) is 24.1 Å². The fourth-order valence-corrected chi connectivity index (χ4v) is 1.75. The largest absolute Gasteiger partial charge is 0.497 e. The molecule has 0 aromatic heterocycles. The van der Waals surface area contributed by atoms with Crippen LogP contribution in [0, 0.1) is 0 Å². The lowest BCUT2D eigenvalue weighted by molar-refractivity contribution is -0.120.